The summed E-state index contributed by atoms with van der Waals surface area (Å²) in [6.45, 7) is -0.752. The van der Waals surface area contributed by atoms with Crippen molar-refractivity contribution in [3.8, 4) is 5.75 Å². The van der Waals surface area contributed by atoms with Crippen molar-refractivity contribution in [1.82, 2.24) is 10.6 Å². The predicted molar refractivity (Wildman–Crippen MR) is 86.0 cm³/mol. The van der Waals surface area contributed by atoms with Crippen molar-refractivity contribution in [2.45, 2.75) is 51.8 Å². The van der Waals surface area contributed by atoms with Gasteiger partial charge in [-0.05, 0) is 44.6 Å². The number of alkyl halides is 2. The van der Waals surface area contributed by atoms with Crippen LogP contribution in [0.1, 0.15) is 36.8 Å². The summed E-state index contributed by atoms with van der Waals surface area (Å²) < 4.78 is 29.3. The highest BCUT2D eigenvalue weighted by Crippen LogP contribution is 2.24. The average molecular weight is 342 g/mol. The number of ether oxygens (including phenoxy) is 1. The Morgan fingerprint density at radius 3 is 2.67 bits per heavy atom. The molecule has 0 atom stereocenters. The number of aliphatic hydroxyl groups excluding tert-OH is 1. The number of carbonyl (C=O) groups excluding carboxylic acids is 1. The van der Waals surface area contributed by atoms with E-state index in [1.807, 2.05) is 6.92 Å². The molecule has 0 saturated heterocycles. The number of nitrogens with one attached hydrogen (secondary N) is 2. The van der Waals surface area contributed by atoms with Crippen LogP contribution in [0.3, 0.4) is 0 Å². The van der Waals surface area contributed by atoms with Crippen molar-refractivity contribution in [3.05, 3.63) is 29.3 Å². The number of amides is 2. The summed E-state index contributed by atoms with van der Waals surface area (Å²) in [7, 11) is 0. The normalized spacial score (nSPS) is 20.7. The molecule has 0 aliphatic heterocycles. The zero-order chi connectivity index (χ0) is 17.5. The summed E-state index contributed by atoms with van der Waals surface area (Å²) in [4.78, 5) is 12.0. The van der Waals surface area contributed by atoms with E-state index in [1.165, 1.54) is 6.07 Å². The maximum absolute atomic E-state index is 12.4. The standard InChI is InChI=1S/C17H24F2N2O3/c1-11-2-7-15(24-16(18)19)13(8-11)9-20-17(23)21-14-5-3-12(10-22)4-6-14/h2,7-8,12,14,16,22H,3-6,9-10H2,1H3,(H2,20,21,23). The van der Waals surface area contributed by atoms with E-state index >= 15 is 0 Å². The predicted octanol–water partition coefficient (Wildman–Crippen LogP) is 2.95. The molecule has 0 unspecified atom stereocenters. The third-order valence-corrected chi connectivity index (χ3v) is 4.31. The van der Waals surface area contributed by atoms with Crippen molar-refractivity contribution in [2.24, 2.45) is 5.92 Å². The number of aliphatic hydroxyl groups is 1. The second-order valence-corrected chi connectivity index (χ2v) is 6.22. The van der Waals surface area contributed by atoms with Crippen molar-refractivity contribution < 1.29 is 23.4 Å². The molecule has 134 valence electrons. The SMILES string of the molecule is Cc1ccc(OC(F)F)c(CNC(=O)NC2CCC(CO)CC2)c1. The van der Waals surface area contributed by atoms with Gasteiger partial charge >= 0.3 is 12.6 Å². The van der Waals surface area contributed by atoms with Crippen molar-refractivity contribution in [3.63, 3.8) is 0 Å². The summed E-state index contributed by atoms with van der Waals surface area (Å²) in [5.41, 5.74) is 1.41. The van der Waals surface area contributed by atoms with Gasteiger partial charge < -0.3 is 20.5 Å². The number of urea groups is 1. The van der Waals surface area contributed by atoms with E-state index in [0.717, 1.165) is 31.2 Å². The number of hydrogen-bond acceptors (Lipinski definition) is 3. The lowest BCUT2D eigenvalue weighted by atomic mass is 9.87. The minimum atomic E-state index is -2.90. The lowest BCUT2D eigenvalue weighted by molar-refractivity contribution is -0.0504. The summed E-state index contributed by atoms with van der Waals surface area (Å²) in [6, 6.07) is 4.63. The highest BCUT2D eigenvalue weighted by atomic mass is 19.3. The highest BCUT2D eigenvalue weighted by molar-refractivity contribution is 5.74. The largest absolute Gasteiger partial charge is 0.434 e. The molecule has 3 N–H and O–H groups in total. The number of rotatable bonds is 6. The fourth-order valence-corrected chi connectivity index (χ4v) is 2.96. The minimum Gasteiger partial charge on any atom is -0.434 e. The van der Waals surface area contributed by atoms with Gasteiger partial charge in [0.25, 0.3) is 0 Å². The van der Waals surface area contributed by atoms with Crippen molar-refractivity contribution >= 4 is 6.03 Å². The van der Waals surface area contributed by atoms with Gasteiger partial charge in [0.15, 0.2) is 0 Å². The lowest BCUT2D eigenvalue weighted by Gasteiger charge is -2.28. The number of benzene rings is 1. The van der Waals surface area contributed by atoms with Gasteiger partial charge in [0, 0.05) is 24.8 Å². The number of carbonyl (C=O) groups is 1. The van der Waals surface area contributed by atoms with E-state index in [1.54, 1.807) is 12.1 Å². The second kappa shape index (κ2) is 8.82. The van der Waals surface area contributed by atoms with E-state index in [4.69, 9.17) is 5.11 Å². The third-order valence-electron chi connectivity index (χ3n) is 4.31. The van der Waals surface area contributed by atoms with Gasteiger partial charge in [-0.2, -0.15) is 8.78 Å². The lowest BCUT2D eigenvalue weighted by Crippen LogP contribution is -2.43. The Morgan fingerprint density at radius 2 is 2.04 bits per heavy atom. The molecule has 1 aromatic rings. The molecule has 0 aromatic heterocycles. The van der Waals surface area contributed by atoms with E-state index in [2.05, 4.69) is 15.4 Å². The van der Waals surface area contributed by atoms with Crippen LogP contribution in [-0.2, 0) is 6.54 Å². The van der Waals surface area contributed by atoms with Gasteiger partial charge in [-0.25, -0.2) is 4.79 Å². The van der Waals surface area contributed by atoms with Crippen LogP contribution in [0.5, 0.6) is 5.75 Å². The molecular formula is C17H24F2N2O3. The molecule has 0 heterocycles. The van der Waals surface area contributed by atoms with E-state index < -0.39 is 6.61 Å². The number of halogens is 2. The summed E-state index contributed by atoms with van der Waals surface area (Å²) in [5, 5.41) is 14.7. The van der Waals surface area contributed by atoms with Gasteiger partial charge in [0.05, 0.1) is 0 Å². The van der Waals surface area contributed by atoms with Crippen LogP contribution in [0.2, 0.25) is 0 Å². The molecule has 0 radical (unpaired) electrons. The summed E-state index contributed by atoms with van der Waals surface area (Å²) in [6.07, 6.45) is 3.46. The van der Waals surface area contributed by atoms with Crippen LogP contribution in [0.15, 0.2) is 18.2 Å². The monoisotopic (exact) mass is 342 g/mol. The van der Waals surface area contributed by atoms with Crippen LogP contribution in [-0.4, -0.2) is 30.4 Å². The quantitative estimate of drug-likeness (QED) is 0.744. The first-order chi connectivity index (χ1) is 11.5. The van der Waals surface area contributed by atoms with E-state index in [9.17, 15) is 13.6 Å². The third kappa shape index (κ3) is 5.63. The molecule has 1 saturated carbocycles. The van der Waals surface area contributed by atoms with Crippen LogP contribution in [0, 0.1) is 12.8 Å². The average Bonchev–Trinajstić information content (AvgIpc) is 2.55. The summed E-state index contributed by atoms with van der Waals surface area (Å²) >= 11 is 0. The Bertz CT molecular complexity index is 547. The van der Waals surface area contributed by atoms with Crippen LogP contribution >= 0.6 is 0 Å². The Labute approximate surface area is 140 Å². The van der Waals surface area contributed by atoms with Crippen molar-refractivity contribution in [1.29, 1.82) is 0 Å². The Morgan fingerprint density at radius 1 is 1.33 bits per heavy atom. The fraction of sp³-hybridized carbons (Fsp3) is 0.588. The first-order valence-electron chi connectivity index (χ1n) is 8.17. The second-order valence-electron chi connectivity index (χ2n) is 6.22. The maximum atomic E-state index is 12.4. The molecule has 1 aromatic carbocycles. The molecule has 7 heteroatoms. The van der Waals surface area contributed by atoms with Crippen LogP contribution < -0.4 is 15.4 Å². The maximum Gasteiger partial charge on any atom is 0.387 e. The molecule has 0 bridgehead atoms. The van der Waals surface area contributed by atoms with Gasteiger partial charge in [0.1, 0.15) is 5.75 Å². The Balaban J connectivity index is 1.84. The topological polar surface area (TPSA) is 70.6 Å². The number of aryl methyl sites for hydroxylation is 1. The molecule has 1 fully saturated rings. The zero-order valence-electron chi connectivity index (χ0n) is 13.7. The first-order valence-corrected chi connectivity index (χ1v) is 8.17. The fourth-order valence-electron chi connectivity index (χ4n) is 2.96. The molecule has 1 aliphatic rings. The van der Waals surface area contributed by atoms with E-state index in [-0.39, 0.29) is 31.0 Å². The smallest absolute Gasteiger partial charge is 0.387 e. The molecule has 2 rings (SSSR count). The van der Waals surface area contributed by atoms with Gasteiger partial charge in [-0.15, -0.1) is 0 Å². The van der Waals surface area contributed by atoms with Crippen LogP contribution in [0.25, 0.3) is 0 Å². The zero-order valence-corrected chi connectivity index (χ0v) is 13.7. The number of hydrogen-bond donors (Lipinski definition) is 3. The van der Waals surface area contributed by atoms with Gasteiger partial charge in [0.2, 0.25) is 0 Å². The Hall–Kier alpha value is -1.89. The molecule has 5 nitrogen and oxygen atoms in total. The van der Waals surface area contributed by atoms with Crippen LogP contribution in [0.4, 0.5) is 13.6 Å². The molecular weight excluding hydrogens is 318 g/mol. The highest BCUT2D eigenvalue weighted by Gasteiger charge is 2.21. The molecule has 0 spiro atoms. The van der Waals surface area contributed by atoms with E-state index in [0.29, 0.717) is 11.5 Å². The van der Waals surface area contributed by atoms with Gasteiger partial charge in [-0.3, -0.25) is 0 Å². The molecule has 24 heavy (non-hydrogen) atoms. The molecule has 2 amide bonds. The first kappa shape index (κ1) is 18.4. The molecule has 1 aliphatic carbocycles. The minimum absolute atomic E-state index is 0.0688. The van der Waals surface area contributed by atoms with Gasteiger partial charge in [-0.1, -0.05) is 17.7 Å². The van der Waals surface area contributed by atoms with Crippen molar-refractivity contribution in [2.75, 3.05) is 6.61 Å². The summed E-state index contributed by atoms with van der Waals surface area (Å²) in [5.74, 6) is 0.395. The Kier molecular flexibility index (Phi) is 6.78.